The van der Waals surface area contributed by atoms with Crippen molar-refractivity contribution in [3.63, 3.8) is 0 Å². The SMILES string of the molecule is Cn1ccnc1[C@@H](NC(=O)CCCN1CCOCC1)c1ccccc1. The van der Waals surface area contributed by atoms with Crippen LogP contribution in [0.15, 0.2) is 42.7 Å². The van der Waals surface area contributed by atoms with Crippen molar-refractivity contribution in [2.75, 3.05) is 32.8 Å². The lowest BCUT2D eigenvalue weighted by atomic mass is 10.1. The molecule has 1 amide bonds. The average molecular weight is 342 g/mol. The Morgan fingerprint density at radius 3 is 2.72 bits per heavy atom. The Balaban J connectivity index is 1.58. The number of benzene rings is 1. The average Bonchev–Trinajstić information content (AvgIpc) is 3.07. The Morgan fingerprint density at radius 2 is 2.04 bits per heavy atom. The summed E-state index contributed by atoms with van der Waals surface area (Å²) in [6.45, 7) is 4.45. The topological polar surface area (TPSA) is 59.4 Å². The predicted molar refractivity (Wildman–Crippen MR) is 96.1 cm³/mol. The number of amides is 1. The highest BCUT2D eigenvalue weighted by Crippen LogP contribution is 2.20. The largest absolute Gasteiger partial charge is 0.379 e. The summed E-state index contributed by atoms with van der Waals surface area (Å²) >= 11 is 0. The second kappa shape index (κ2) is 8.78. The molecule has 3 rings (SSSR count). The molecular weight excluding hydrogens is 316 g/mol. The molecule has 25 heavy (non-hydrogen) atoms. The summed E-state index contributed by atoms with van der Waals surface area (Å²) in [6.07, 6.45) is 5.03. The van der Waals surface area contributed by atoms with Gasteiger partial charge < -0.3 is 14.6 Å². The molecule has 2 aromatic rings. The van der Waals surface area contributed by atoms with Gasteiger partial charge in [-0.2, -0.15) is 0 Å². The minimum absolute atomic E-state index is 0.0603. The Kier molecular flexibility index (Phi) is 6.19. The van der Waals surface area contributed by atoms with Crippen molar-refractivity contribution < 1.29 is 9.53 Å². The van der Waals surface area contributed by atoms with E-state index in [1.807, 2.05) is 48.1 Å². The van der Waals surface area contributed by atoms with Gasteiger partial charge in [-0.1, -0.05) is 30.3 Å². The maximum Gasteiger partial charge on any atom is 0.220 e. The van der Waals surface area contributed by atoms with Gasteiger partial charge in [0.1, 0.15) is 11.9 Å². The summed E-state index contributed by atoms with van der Waals surface area (Å²) in [5.41, 5.74) is 1.04. The first kappa shape index (κ1) is 17.6. The number of morpholine rings is 1. The maximum atomic E-state index is 12.5. The number of hydrogen-bond donors (Lipinski definition) is 1. The van der Waals surface area contributed by atoms with Gasteiger partial charge >= 0.3 is 0 Å². The zero-order valence-corrected chi connectivity index (χ0v) is 14.7. The monoisotopic (exact) mass is 342 g/mol. The van der Waals surface area contributed by atoms with Crippen LogP contribution < -0.4 is 5.32 Å². The lowest BCUT2D eigenvalue weighted by Gasteiger charge is -2.26. The summed E-state index contributed by atoms with van der Waals surface area (Å²) in [4.78, 5) is 19.3. The van der Waals surface area contributed by atoms with Crippen molar-refractivity contribution in [2.24, 2.45) is 7.05 Å². The Hall–Kier alpha value is -2.18. The number of hydrogen-bond acceptors (Lipinski definition) is 4. The molecule has 1 fully saturated rings. The van der Waals surface area contributed by atoms with Crippen LogP contribution in [0.4, 0.5) is 0 Å². The van der Waals surface area contributed by atoms with Gasteiger partial charge in [0.15, 0.2) is 0 Å². The Labute approximate surface area is 148 Å². The first-order valence-corrected chi connectivity index (χ1v) is 8.85. The molecule has 0 spiro atoms. The molecule has 0 aliphatic carbocycles. The molecule has 0 unspecified atom stereocenters. The molecule has 1 aliphatic heterocycles. The van der Waals surface area contributed by atoms with E-state index in [1.54, 1.807) is 6.20 Å². The summed E-state index contributed by atoms with van der Waals surface area (Å²) < 4.78 is 7.30. The smallest absolute Gasteiger partial charge is 0.220 e. The molecule has 1 aliphatic rings. The van der Waals surface area contributed by atoms with Gasteiger partial charge in [0, 0.05) is 39.0 Å². The Morgan fingerprint density at radius 1 is 1.28 bits per heavy atom. The van der Waals surface area contributed by atoms with Gasteiger partial charge in [-0.05, 0) is 18.5 Å². The van der Waals surface area contributed by atoms with E-state index in [0.29, 0.717) is 6.42 Å². The van der Waals surface area contributed by atoms with Crippen LogP contribution in [0.25, 0.3) is 0 Å². The van der Waals surface area contributed by atoms with Crippen LogP contribution >= 0.6 is 0 Å². The normalized spacial score (nSPS) is 16.5. The van der Waals surface area contributed by atoms with E-state index in [9.17, 15) is 4.79 Å². The zero-order chi connectivity index (χ0) is 17.5. The number of nitrogens with zero attached hydrogens (tertiary/aromatic N) is 3. The number of rotatable bonds is 7. The van der Waals surface area contributed by atoms with Crippen LogP contribution in [0, 0.1) is 0 Å². The van der Waals surface area contributed by atoms with Crippen molar-refractivity contribution in [2.45, 2.75) is 18.9 Å². The fourth-order valence-electron chi connectivity index (χ4n) is 3.12. The molecule has 6 heteroatoms. The molecule has 134 valence electrons. The van der Waals surface area contributed by atoms with E-state index >= 15 is 0 Å². The minimum atomic E-state index is -0.225. The molecule has 1 aromatic heterocycles. The lowest BCUT2D eigenvalue weighted by Crippen LogP contribution is -2.37. The lowest BCUT2D eigenvalue weighted by molar-refractivity contribution is -0.121. The van der Waals surface area contributed by atoms with E-state index < -0.39 is 0 Å². The maximum absolute atomic E-state index is 12.5. The van der Waals surface area contributed by atoms with Crippen molar-refractivity contribution in [3.8, 4) is 0 Å². The number of aromatic nitrogens is 2. The fourth-order valence-corrected chi connectivity index (χ4v) is 3.12. The van der Waals surface area contributed by atoms with Gasteiger partial charge in [-0.15, -0.1) is 0 Å². The van der Waals surface area contributed by atoms with Crippen LogP contribution in [-0.4, -0.2) is 53.2 Å². The van der Waals surface area contributed by atoms with Crippen LogP contribution in [0.2, 0.25) is 0 Å². The summed E-state index contributed by atoms with van der Waals surface area (Å²) in [5, 5.41) is 3.15. The molecule has 1 atom stereocenters. The summed E-state index contributed by atoms with van der Waals surface area (Å²) in [7, 11) is 1.95. The summed E-state index contributed by atoms with van der Waals surface area (Å²) in [6, 6.07) is 9.76. The number of ether oxygens (including phenoxy) is 1. The third-order valence-electron chi connectivity index (χ3n) is 4.54. The molecule has 1 N–H and O–H groups in total. The van der Waals surface area contributed by atoms with E-state index in [4.69, 9.17) is 4.74 Å². The highest BCUT2D eigenvalue weighted by molar-refractivity contribution is 5.76. The second-order valence-electron chi connectivity index (χ2n) is 6.37. The highest BCUT2D eigenvalue weighted by atomic mass is 16.5. The van der Waals surface area contributed by atoms with Gasteiger partial charge in [0.05, 0.1) is 13.2 Å². The third kappa shape index (κ3) is 4.90. The summed E-state index contributed by atoms with van der Waals surface area (Å²) in [5.74, 6) is 0.901. The quantitative estimate of drug-likeness (QED) is 0.833. The molecular formula is C19H26N4O2. The number of carbonyl (C=O) groups excluding carboxylic acids is 1. The highest BCUT2D eigenvalue weighted by Gasteiger charge is 2.20. The first-order valence-electron chi connectivity index (χ1n) is 8.85. The third-order valence-corrected chi connectivity index (χ3v) is 4.54. The molecule has 0 radical (unpaired) electrons. The van der Waals surface area contributed by atoms with Crippen molar-refractivity contribution in [1.82, 2.24) is 19.8 Å². The number of nitrogens with one attached hydrogen (secondary N) is 1. The fraction of sp³-hybridized carbons (Fsp3) is 0.474. The van der Waals surface area contributed by atoms with Crippen LogP contribution in [-0.2, 0) is 16.6 Å². The van der Waals surface area contributed by atoms with Crippen molar-refractivity contribution in [3.05, 3.63) is 54.1 Å². The van der Waals surface area contributed by atoms with Gasteiger partial charge in [0.25, 0.3) is 0 Å². The Bertz CT molecular complexity index is 665. The molecule has 6 nitrogen and oxygen atoms in total. The van der Waals surface area contributed by atoms with E-state index in [-0.39, 0.29) is 11.9 Å². The van der Waals surface area contributed by atoms with Crippen LogP contribution in [0.1, 0.15) is 30.3 Å². The van der Waals surface area contributed by atoms with Gasteiger partial charge in [0.2, 0.25) is 5.91 Å². The number of aryl methyl sites for hydroxylation is 1. The molecule has 1 aromatic carbocycles. The van der Waals surface area contributed by atoms with Crippen molar-refractivity contribution >= 4 is 5.91 Å². The molecule has 0 saturated carbocycles. The second-order valence-corrected chi connectivity index (χ2v) is 6.37. The minimum Gasteiger partial charge on any atom is -0.379 e. The molecule has 2 heterocycles. The standard InChI is InChI=1S/C19H26N4O2/c1-22-11-9-20-19(22)18(16-6-3-2-4-7-16)21-17(24)8-5-10-23-12-14-25-15-13-23/h2-4,6-7,9,11,18H,5,8,10,12-15H2,1H3,(H,21,24)/t18-/m0/s1. The number of imidazole rings is 1. The van der Waals surface area contributed by atoms with E-state index in [2.05, 4.69) is 15.2 Å². The van der Waals surface area contributed by atoms with Crippen LogP contribution in [0.5, 0.6) is 0 Å². The van der Waals surface area contributed by atoms with Gasteiger partial charge in [-0.3, -0.25) is 9.69 Å². The van der Waals surface area contributed by atoms with Crippen molar-refractivity contribution in [1.29, 1.82) is 0 Å². The number of carbonyl (C=O) groups is 1. The predicted octanol–water partition coefficient (Wildman–Crippen LogP) is 1.74. The van der Waals surface area contributed by atoms with Gasteiger partial charge in [-0.25, -0.2) is 4.98 Å². The molecule has 0 bridgehead atoms. The van der Waals surface area contributed by atoms with E-state index in [0.717, 1.165) is 50.7 Å². The van der Waals surface area contributed by atoms with Crippen LogP contribution in [0.3, 0.4) is 0 Å². The molecule has 1 saturated heterocycles. The first-order chi connectivity index (χ1) is 12.2. The van der Waals surface area contributed by atoms with E-state index in [1.165, 1.54) is 0 Å². The zero-order valence-electron chi connectivity index (χ0n) is 14.7.